The van der Waals surface area contributed by atoms with Crippen LogP contribution in [0.1, 0.15) is 101 Å². The molecule has 51 heavy (non-hydrogen) atoms. The molecule has 17 atom stereocenters. The molecule has 14 nitrogen and oxygen atoms in total. The first-order valence-electron chi connectivity index (χ1n) is 18.7. The highest BCUT2D eigenvalue weighted by molar-refractivity contribution is 5.78. The summed E-state index contributed by atoms with van der Waals surface area (Å²) < 4.78 is 37.9. The summed E-state index contributed by atoms with van der Waals surface area (Å²) in [6.45, 7) is 17.4. The zero-order valence-electron chi connectivity index (χ0n) is 33.3. The number of nitrogens with zero attached hydrogens (tertiary/aromatic N) is 1. The quantitative estimate of drug-likeness (QED) is 0.223. The summed E-state index contributed by atoms with van der Waals surface area (Å²) in [5.41, 5.74) is -4.35. The molecule has 1 amide bonds. The Labute approximate surface area is 305 Å². The second-order valence-corrected chi connectivity index (χ2v) is 16.8. The van der Waals surface area contributed by atoms with E-state index in [1.165, 1.54) is 14.0 Å². The lowest BCUT2D eigenvalue weighted by Crippen LogP contribution is -2.69. The number of carbonyl (C=O) groups excluding carboxylic acids is 1. The largest absolute Gasteiger partial charge is 0.390 e. The first-order chi connectivity index (χ1) is 23.4. The Hall–Kier alpha value is -1.01. The van der Waals surface area contributed by atoms with E-state index in [2.05, 4.69) is 5.32 Å². The first kappa shape index (κ1) is 44.4. The van der Waals surface area contributed by atoms with Gasteiger partial charge in [0.05, 0.1) is 42.2 Å². The van der Waals surface area contributed by atoms with Crippen LogP contribution in [0.15, 0.2) is 0 Å². The number of ether oxygens (including phenoxy) is 6. The van der Waals surface area contributed by atoms with Crippen molar-refractivity contribution in [3.63, 3.8) is 0 Å². The number of amides is 1. The van der Waals surface area contributed by atoms with Crippen molar-refractivity contribution in [2.75, 3.05) is 27.8 Å². The van der Waals surface area contributed by atoms with Gasteiger partial charge in [0, 0.05) is 37.8 Å². The van der Waals surface area contributed by atoms with Gasteiger partial charge in [-0.1, -0.05) is 27.7 Å². The van der Waals surface area contributed by atoms with Crippen LogP contribution in [0.2, 0.25) is 0 Å². The van der Waals surface area contributed by atoms with Gasteiger partial charge in [-0.25, -0.2) is 0 Å². The molecule has 0 aliphatic carbocycles. The number of hydrogen-bond donors (Lipinski definition) is 6. The lowest BCUT2D eigenvalue weighted by Gasteiger charge is -2.51. The summed E-state index contributed by atoms with van der Waals surface area (Å²) in [5.74, 6) is -3.70. The van der Waals surface area contributed by atoms with Crippen LogP contribution in [0, 0.1) is 17.8 Å². The van der Waals surface area contributed by atoms with Gasteiger partial charge in [0.15, 0.2) is 12.6 Å². The second kappa shape index (κ2) is 17.2. The third kappa shape index (κ3) is 10.0. The van der Waals surface area contributed by atoms with E-state index in [0.717, 1.165) is 0 Å². The molecular weight excluding hydrogens is 664 g/mol. The number of rotatable bonds is 7. The number of methoxy groups -OCH3 is 1. The van der Waals surface area contributed by atoms with Gasteiger partial charge in [0.2, 0.25) is 11.7 Å². The van der Waals surface area contributed by atoms with Crippen molar-refractivity contribution in [3.8, 4) is 0 Å². The van der Waals surface area contributed by atoms with Crippen LogP contribution in [0.4, 0.5) is 0 Å². The van der Waals surface area contributed by atoms with Gasteiger partial charge in [0.1, 0.15) is 23.9 Å². The molecular formula is C37H70N2O12. The highest BCUT2D eigenvalue weighted by atomic mass is 16.8. The number of hydrogen-bond acceptors (Lipinski definition) is 13. The fourth-order valence-electron chi connectivity index (χ4n) is 8.43. The van der Waals surface area contributed by atoms with Crippen molar-refractivity contribution in [2.45, 2.75) is 185 Å². The van der Waals surface area contributed by atoms with Crippen molar-refractivity contribution in [3.05, 3.63) is 0 Å². The molecule has 6 N–H and O–H groups in total. The van der Waals surface area contributed by atoms with E-state index >= 15 is 0 Å². The summed E-state index contributed by atoms with van der Waals surface area (Å²) >= 11 is 0. The second-order valence-electron chi connectivity index (χ2n) is 16.8. The number of carbonyl (C=O) groups is 1. The van der Waals surface area contributed by atoms with Gasteiger partial charge in [0.25, 0.3) is 0 Å². The van der Waals surface area contributed by atoms with Crippen LogP contribution in [0.5, 0.6) is 0 Å². The Morgan fingerprint density at radius 1 is 0.922 bits per heavy atom. The van der Waals surface area contributed by atoms with Crippen LogP contribution in [-0.2, 0) is 33.2 Å². The van der Waals surface area contributed by atoms with Crippen molar-refractivity contribution in [1.29, 1.82) is 0 Å². The topological polar surface area (TPSA) is 189 Å². The zero-order valence-corrected chi connectivity index (χ0v) is 33.3. The van der Waals surface area contributed by atoms with E-state index < -0.39 is 89.5 Å². The van der Waals surface area contributed by atoms with Gasteiger partial charge in [-0.2, -0.15) is 0 Å². The molecule has 0 radical (unpaired) electrons. The summed E-state index contributed by atoms with van der Waals surface area (Å²) in [5, 5.41) is 60.8. The van der Waals surface area contributed by atoms with Crippen LogP contribution in [0.3, 0.4) is 0 Å². The molecule has 0 aromatic heterocycles. The van der Waals surface area contributed by atoms with Crippen LogP contribution < -0.4 is 5.32 Å². The average molecular weight is 735 g/mol. The maximum atomic E-state index is 13.4. The van der Waals surface area contributed by atoms with Crippen molar-refractivity contribution >= 4 is 5.91 Å². The monoisotopic (exact) mass is 734 g/mol. The maximum Gasteiger partial charge on any atom is 0.223 e. The van der Waals surface area contributed by atoms with Gasteiger partial charge in [-0.15, -0.1) is 0 Å². The SMILES string of the molecule is CCC1(O[C@@H]2O[C@H](C)C[C@H](N(C)C)[C@H]2O)OCC(C)C(O[C@H]2C[C@@](C)(OC)[C@@H](O)[C@H](C)O2)C(C)CC(C)(O)CC(C)C(=O)NC(C)C(O)C1(C)O. The molecule has 9 unspecified atom stereocenters. The minimum absolute atomic E-state index is 0.0254. The first-order valence-corrected chi connectivity index (χ1v) is 18.7. The van der Waals surface area contributed by atoms with Crippen molar-refractivity contribution in [1.82, 2.24) is 10.2 Å². The highest BCUT2D eigenvalue weighted by Gasteiger charge is 2.58. The predicted molar refractivity (Wildman–Crippen MR) is 189 cm³/mol. The highest BCUT2D eigenvalue weighted by Crippen LogP contribution is 2.41. The standard InChI is InChI=1S/C37H70N2O12/c1-14-37(51-33-28(40)26(39(11)12)15-23(5)48-33)36(10,45)30(41)24(6)38-32(43)21(3)17-34(8,44)16-20(2)29(22(4)19-47-37)50-27-18-35(9,46-13)31(42)25(7)49-27/h20-31,33,40-42,44-45H,14-19H2,1-13H3,(H,38,43)/t20?,21?,22?,23-,24?,25+,26+,27+,28-,29?,30?,31+,33+,34?,35-,36?,37?/m1/s1. The summed E-state index contributed by atoms with van der Waals surface area (Å²) in [6.07, 6.45) is -5.86. The number of aliphatic hydroxyl groups is 5. The molecule has 3 saturated heterocycles. The minimum atomic E-state index is -2.15. The molecule has 3 heterocycles. The van der Waals surface area contributed by atoms with Crippen molar-refractivity contribution in [2.24, 2.45) is 17.8 Å². The van der Waals surface area contributed by atoms with E-state index in [1.54, 1.807) is 34.6 Å². The predicted octanol–water partition coefficient (Wildman–Crippen LogP) is 1.91. The van der Waals surface area contributed by atoms with E-state index in [1.807, 2.05) is 46.7 Å². The molecule has 0 saturated carbocycles. The number of aliphatic hydroxyl groups excluding tert-OH is 3. The summed E-state index contributed by atoms with van der Waals surface area (Å²) in [4.78, 5) is 15.3. The number of nitrogens with one attached hydrogen (secondary N) is 1. The Kier molecular flexibility index (Phi) is 15.0. The van der Waals surface area contributed by atoms with Crippen LogP contribution in [0.25, 0.3) is 0 Å². The molecule has 3 aliphatic rings. The van der Waals surface area contributed by atoms with E-state index in [0.29, 0.717) is 6.42 Å². The molecule has 0 aromatic carbocycles. The van der Waals surface area contributed by atoms with E-state index in [9.17, 15) is 30.3 Å². The Balaban J connectivity index is 2.09. The fourth-order valence-corrected chi connectivity index (χ4v) is 8.43. The molecule has 0 spiro atoms. The lowest BCUT2D eigenvalue weighted by atomic mass is 9.80. The third-order valence-electron chi connectivity index (χ3n) is 11.7. The van der Waals surface area contributed by atoms with E-state index in [-0.39, 0.29) is 50.4 Å². The average Bonchev–Trinajstić information content (AvgIpc) is 3.03. The van der Waals surface area contributed by atoms with Crippen molar-refractivity contribution < 1.29 is 58.7 Å². The Morgan fingerprint density at radius 3 is 2.12 bits per heavy atom. The molecule has 0 aromatic rings. The van der Waals surface area contributed by atoms with Gasteiger partial charge in [-0.05, 0) is 80.8 Å². The lowest BCUT2D eigenvalue weighted by molar-refractivity contribution is -0.405. The van der Waals surface area contributed by atoms with Gasteiger partial charge in [-0.3, -0.25) is 4.79 Å². The maximum absolute atomic E-state index is 13.4. The van der Waals surface area contributed by atoms with Crippen LogP contribution in [-0.4, -0.2) is 148 Å². The van der Waals surface area contributed by atoms with Crippen LogP contribution >= 0.6 is 0 Å². The molecule has 3 rings (SSSR count). The third-order valence-corrected chi connectivity index (χ3v) is 11.7. The summed E-state index contributed by atoms with van der Waals surface area (Å²) in [7, 11) is 5.25. The molecule has 3 aliphatic heterocycles. The molecule has 14 heteroatoms. The molecule has 300 valence electrons. The Bertz CT molecular complexity index is 1130. The molecule has 3 fully saturated rings. The molecule has 0 bridgehead atoms. The normalized spacial score (nSPS) is 49.9. The number of likely N-dealkylation sites (N-methyl/N-ethyl adjacent to an activating group) is 1. The summed E-state index contributed by atoms with van der Waals surface area (Å²) in [6, 6.07) is -1.28. The van der Waals surface area contributed by atoms with Gasteiger partial charge < -0.3 is 64.2 Å². The smallest absolute Gasteiger partial charge is 0.223 e. The zero-order chi connectivity index (χ0) is 38.9. The van der Waals surface area contributed by atoms with Gasteiger partial charge >= 0.3 is 0 Å². The Morgan fingerprint density at radius 2 is 1.55 bits per heavy atom. The van der Waals surface area contributed by atoms with E-state index in [4.69, 9.17) is 28.4 Å². The minimum Gasteiger partial charge on any atom is -0.390 e. The fraction of sp³-hybridized carbons (Fsp3) is 0.973.